The molecule has 6 aromatic rings. The first-order chi connectivity index (χ1) is 58.6. The van der Waals surface area contributed by atoms with Crippen molar-refractivity contribution in [2.75, 3.05) is 148 Å². The molecule has 0 spiro atoms. The summed E-state index contributed by atoms with van der Waals surface area (Å²) in [5, 5.41) is 16.1. The zero-order valence-corrected chi connectivity index (χ0v) is 77.5. The number of halogens is 12. The van der Waals surface area contributed by atoms with Gasteiger partial charge in [-0.25, -0.2) is 107 Å². The van der Waals surface area contributed by atoms with Crippen molar-refractivity contribution in [1.82, 2.24) is 25.8 Å². The number of piperidine rings is 6. The van der Waals surface area contributed by atoms with Gasteiger partial charge in [0.05, 0.1) is 104 Å². The van der Waals surface area contributed by atoms with Gasteiger partial charge in [0.15, 0.2) is 11.6 Å². The topological polar surface area (TPSA) is 399 Å². The minimum Gasteiger partial charge on any atom is -0.326 e. The number of sulfonamides is 6. The van der Waals surface area contributed by atoms with Crippen LogP contribution < -0.4 is 31.9 Å². The Morgan fingerprint density at radius 3 is 0.746 bits per heavy atom. The van der Waals surface area contributed by atoms with Crippen LogP contribution in [-0.4, -0.2) is 228 Å². The third-order valence-corrected chi connectivity index (χ3v) is 29.7. The van der Waals surface area contributed by atoms with E-state index in [9.17, 15) is 110 Å². The van der Waals surface area contributed by atoms with Crippen LogP contribution in [-0.2, 0) is 88.9 Å². The maximum Gasteiger partial charge on any atom is 0.228 e. The number of benzene rings is 6. The molecule has 6 aromatic carbocycles. The molecule has 48 heteroatoms. The summed E-state index contributed by atoms with van der Waals surface area (Å²) in [5.74, 6) is -10.1. The number of carbonyl (C=O) groups excluding carboxylic acids is 6. The molecule has 696 valence electrons. The van der Waals surface area contributed by atoms with Crippen LogP contribution in [0.25, 0.3) is 0 Å². The Hall–Kier alpha value is -7.44. The monoisotopic (exact) mass is 1990 g/mol. The van der Waals surface area contributed by atoms with Crippen molar-refractivity contribution in [1.29, 1.82) is 0 Å². The lowest BCUT2D eigenvalue weighted by molar-refractivity contribution is -0.121. The van der Waals surface area contributed by atoms with E-state index in [1.807, 2.05) is 0 Å². The van der Waals surface area contributed by atoms with Gasteiger partial charge in [-0.3, -0.25) is 28.8 Å². The second-order valence-corrected chi connectivity index (χ2v) is 44.4. The quantitative estimate of drug-likeness (QED) is 0.0435. The fourth-order valence-corrected chi connectivity index (χ4v) is 19.8. The Morgan fingerprint density at radius 1 is 0.262 bits per heavy atom. The molecule has 6 fully saturated rings. The highest BCUT2D eigenvalue weighted by atomic mass is 35.5. The van der Waals surface area contributed by atoms with E-state index in [-0.39, 0.29) is 95.3 Å². The fourth-order valence-electron chi connectivity index (χ4n) is 13.7. The Labute approximate surface area is 753 Å². The highest BCUT2D eigenvalue weighted by Crippen LogP contribution is 2.32. The van der Waals surface area contributed by atoms with Crippen LogP contribution in [0.5, 0.6) is 0 Å². The number of amides is 6. The van der Waals surface area contributed by atoms with Crippen molar-refractivity contribution in [3.63, 3.8) is 0 Å². The third kappa shape index (κ3) is 33.8. The molecular formula is C78H96Cl5F7N12O18S6. The number of hydrogen-bond donors (Lipinski definition) is 6. The smallest absolute Gasteiger partial charge is 0.228 e. The molecule has 6 amide bonds. The van der Waals surface area contributed by atoms with Gasteiger partial charge in [-0.2, -0.15) is 0 Å². The predicted octanol–water partition coefficient (Wildman–Crippen LogP) is 12.0. The van der Waals surface area contributed by atoms with Crippen molar-refractivity contribution in [2.24, 2.45) is 35.5 Å². The van der Waals surface area contributed by atoms with Crippen molar-refractivity contribution in [3.8, 4) is 0 Å². The molecule has 6 atom stereocenters. The number of hydrogen-bond acceptors (Lipinski definition) is 18. The second-order valence-electron chi connectivity index (χ2n) is 30.5. The Balaban J connectivity index is 0.000000207. The minimum atomic E-state index is -3.35. The van der Waals surface area contributed by atoms with Crippen LogP contribution in [0.4, 0.5) is 64.9 Å². The number of carbonyl (C=O) groups is 6. The lowest BCUT2D eigenvalue weighted by Gasteiger charge is -2.30. The van der Waals surface area contributed by atoms with E-state index in [1.165, 1.54) is 74.4 Å². The summed E-state index contributed by atoms with van der Waals surface area (Å²) >= 11 is 28.5. The standard InChI is InChI=1S/C13H16Cl2N2O3S.3C13H16ClFN2O3S.2C13H16F2N2O3S/c1-21(19,20)17-6-2-3-9(8-17)13(18)16-10-4-5-11(14)12(15)7-10;1-21(19,20)17-6-2-3-9(8-17)13(18)16-10-4-5-12(15)11(14)7-10;2*1-21(19,20)17-6-2-3-9(8-17)13(18)16-10-4-5-11(14)12(15)7-10;1-21(19,20)17-6-2-3-9(8-17)13(18)16-12-5-4-10(14)7-11(12)15;1-21(19,20)17-6-2-3-9(8-17)13(18)16-10-4-5-11(14)12(15)7-10/h6*4-5,7,9H,2-3,6,8H2,1H3,(H,16,18)/t6*9-/m000000/s1. The molecule has 0 aromatic heterocycles. The molecule has 6 saturated heterocycles. The summed E-state index contributed by atoms with van der Waals surface area (Å²) in [6.07, 6.45) is 14.0. The van der Waals surface area contributed by atoms with Gasteiger partial charge in [-0.1, -0.05) is 58.0 Å². The number of nitrogens with one attached hydrogen (secondary N) is 6. The van der Waals surface area contributed by atoms with Gasteiger partial charge >= 0.3 is 0 Å². The van der Waals surface area contributed by atoms with E-state index in [0.29, 0.717) is 155 Å². The van der Waals surface area contributed by atoms with E-state index in [0.717, 1.165) is 73.9 Å². The molecule has 12 rings (SSSR count). The molecule has 126 heavy (non-hydrogen) atoms. The number of anilines is 6. The molecule has 30 nitrogen and oxygen atoms in total. The molecule has 0 aliphatic carbocycles. The molecule has 6 N–H and O–H groups in total. The molecule has 0 unspecified atom stereocenters. The van der Waals surface area contributed by atoms with Gasteiger partial charge in [0.1, 0.15) is 29.1 Å². The molecule has 6 heterocycles. The molecule has 0 radical (unpaired) electrons. The van der Waals surface area contributed by atoms with E-state index in [4.69, 9.17) is 58.0 Å². The van der Waals surface area contributed by atoms with Gasteiger partial charge < -0.3 is 31.9 Å². The van der Waals surface area contributed by atoms with Gasteiger partial charge in [0.2, 0.25) is 95.6 Å². The number of rotatable bonds is 18. The van der Waals surface area contributed by atoms with Crippen molar-refractivity contribution in [3.05, 3.63) is 175 Å². The van der Waals surface area contributed by atoms with Crippen LogP contribution >= 0.6 is 58.0 Å². The minimum absolute atomic E-state index is 0.0195. The Kier molecular flexibility index (Phi) is 39.3. The lowest BCUT2D eigenvalue weighted by atomic mass is 9.98. The van der Waals surface area contributed by atoms with Gasteiger partial charge in [0, 0.05) is 119 Å². The summed E-state index contributed by atoms with van der Waals surface area (Å²) < 4.78 is 238. The largest absolute Gasteiger partial charge is 0.326 e. The van der Waals surface area contributed by atoms with Crippen molar-refractivity contribution in [2.45, 2.75) is 77.0 Å². The predicted molar refractivity (Wildman–Crippen MR) is 470 cm³/mol. The van der Waals surface area contributed by atoms with Crippen LogP contribution in [0.3, 0.4) is 0 Å². The summed E-state index contributed by atoms with van der Waals surface area (Å²) in [5.41, 5.74) is 1.58. The van der Waals surface area contributed by atoms with Crippen LogP contribution in [0, 0.1) is 76.2 Å². The molecule has 0 bridgehead atoms. The van der Waals surface area contributed by atoms with E-state index >= 15 is 0 Å². The first-order valence-corrected chi connectivity index (χ1v) is 51.9. The lowest BCUT2D eigenvalue weighted by Crippen LogP contribution is -2.43. The Morgan fingerprint density at radius 2 is 0.500 bits per heavy atom. The van der Waals surface area contributed by atoms with Crippen molar-refractivity contribution < 1.29 is 110 Å². The van der Waals surface area contributed by atoms with E-state index in [1.54, 1.807) is 18.2 Å². The third-order valence-electron chi connectivity index (χ3n) is 20.5. The molecule has 6 aliphatic heterocycles. The highest BCUT2D eigenvalue weighted by molar-refractivity contribution is 7.89. The average molecular weight is 1990 g/mol. The first-order valence-electron chi connectivity index (χ1n) is 38.9. The summed E-state index contributed by atoms with van der Waals surface area (Å²) in [4.78, 5) is 72.9. The second kappa shape index (κ2) is 46.9. The molecule has 0 saturated carbocycles. The average Bonchev–Trinajstić information content (AvgIpc) is 0.849. The summed E-state index contributed by atoms with van der Waals surface area (Å²) in [6, 6.07) is 22.7. The Bertz CT molecular complexity index is 5010. The van der Waals surface area contributed by atoms with Gasteiger partial charge in [-0.05, 0) is 174 Å². The maximum atomic E-state index is 13.5. The first kappa shape index (κ1) is 106. The number of nitrogens with zero attached hydrogens (tertiary/aromatic N) is 6. The highest BCUT2D eigenvalue weighted by Gasteiger charge is 2.37. The van der Waals surface area contributed by atoms with Crippen LogP contribution in [0.1, 0.15) is 77.0 Å². The van der Waals surface area contributed by atoms with Crippen LogP contribution in [0.2, 0.25) is 25.1 Å². The normalized spacial score (nSPS) is 20.2. The van der Waals surface area contributed by atoms with E-state index < -0.39 is 142 Å². The maximum absolute atomic E-state index is 13.5. The van der Waals surface area contributed by atoms with Crippen molar-refractivity contribution >= 4 is 188 Å². The van der Waals surface area contributed by atoms with Crippen LogP contribution in [0.15, 0.2) is 109 Å². The van der Waals surface area contributed by atoms with Gasteiger partial charge in [-0.15, -0.1) is 0 Å². The summed E-state index contributed by atoms with van der Waals surface area (Å²) in [6.45, 7) is 3.41. The summed E-state index contributed by atoms with van der Waals surface area (Å²) in [7, 11) is -19.8. The molecular weight excluding hydrogens is 1900 g/mol. The SMILES string of the molecule is CS(=O)(=O)N1CCC[C@H](C(=O)Nc2ccc(Cl)c(Cl)c2)C1.CS(=O)(=O)N1CCC[C@H](C(=O)Nc2ccc(Cl)c(F)c2)C1.CS(=O)(=O)N1CCC[C@H](C(=O)Nc2ccc(Cl)c(F)c2)C1.CS(=O)(=O)N1CCC[C@H](C(=O)Nc2ccc(F)c(Cl)c2)C1.CS(=O)(=O)N1CCC[C@H](C(=O)Nc2ccc(F)c(F)c2)C1.CS(=O)(=O)N1CCC[C@H](C(=O)Nc2ccc(F)cc2F)C1. The zero-order chi connectivity index (χ0) is 93.7. The fraction of sp³-hybridized carbons (Fsp3) is 0.462. The van der Waals surface area contributed by atoms with Gasteiger partial charge in [0.25, 0.3) is 0 Å². The molecule has 6 aliphatic rings. The zero-order valence-electron chi connectivity index (χ0n) is 68.8. The van der Waals surface area contributed by atoms with E-state index in [2.05, 4.69) is 31.9 Å².